The van der Waals surface area contributed by atoms with Gasteiger partial charge in [-0.15, -0.1) is 0 Å². The summed E-state index contributed by atoms with van der Waals surface area (Å²) < 4.78 is 4.89. The molecule has 5 unspecified atom stereocenters. The Morgan fingerprint density at radius 2 is 1.67 bits per heavy atom. The standard InChI is InChI=1S/C15H27NO2/c1-10-9-13(15(17)18-4)7-8-14(10)16-11(2)5-6-12(16)3/h10-14H,5-9H2,1-4H3. The smallest absolute Gasteiger partial charge is 0.308 e. The molecule has 0 N–H and O–H groups in total. The molecule has 1 heterocycles. The van der Waals surface area contributed by atoms with Gasteiger partial charge in [0.1, 0.15) is 0 Å². The molecule has 0 aromatic carbocycles. The Hall–Kier alpha value is -0.570. The van der Waals surface area contributed by atoms with E-state index in [0.717, 1.165) is 19.3 Å². The summed E-state index contributed by atoms with van der Waals surface area (Å²) in [7, 11) is 1.50. The lowest BCUT2D eigenvalue weighted by molar-refractivity contribution is -0.147. The van der Waals surface area contributed by atoms with Gasteiger partial charge in [-0.2, -0.15) is 0 Å². The third-order valence-electron chi connectivity index (χ3n) is 5.06. The monoisotopic (exact) mass is 253 g/mol. The van der Waals surface area contributed by atoms with E-state index in [1.165, 1.54) is 20.0 Å². The van der Waals surface area contributed by atoms with Crippen LogP contribution in [0.25, 0.3) is 0 Å². The molecule has 0 radical (unpaired) electrons. The summed E-state index contributed by atoms with van der Waals surface area (Å²) in [4.78, 5) is 14.3. The molecule has 1 saturated heterocycles. The predicted molar refractivity (Wildman–Crippen MR) is 72.3 cm³/mol. The number of methoxy groups -OCH3 is 1. The maximum atomic E-state index is 11.6. The van der Waals surface area contributed by atoms with E-state index in [-0.39, 0.29) is 11.9 Å². The van der Waals surface area contributed by atoms with E-state index in [1.54, 1.807) is 0 Å². The number of carbonyl (C=O) groups excluding carboxylic acids is 1. The van der Waals surface area contributed by atoms with Gasteiger partial charge in [-0.05, 0) is 51.9 Å². The molecule has 0 spiro atoms. The quantitative estimate of drug-likeness (QED) is 0.709. The van der Waals surface area contributed by atoms with Crippen LogP contribution in [0.2, 0.25) is 0 Å². The number of carbonyl (C=O) groups is 1. The van der Waals surface area contributed by atoms with Crippen molar-refractivity contribution in [2.24, 2.45) is 11.8 Å². The minimum atomic E-state index is -0.0113. The first-order valence-electron chi connectivity index (χ1n) is 7.39. The van der Waals surface area contributed by atoms with Crippen LogP contribution in [0.5, 0.6) is 0 Å². The normalized spacial score (nSPS) is 41.9. The molecule has 0 bridgehead atoms. The van der Waals surface area contributed by atoms with Crippen LogP contribution in [0.3, 0.4) is 0 Å². The molecular formula is C15H27NO2. The maximum absolute atomic E-state index is 11.6. The Morgan fingerprint density at radius 3 is 2.17 bits per heavy atom. The van der Waals surface area contributed by atoms with E-state index >= 15 is 0 Å². The molecule has 0 aromatic heterocycles. The van der Waals surface area contributed by atoms with Crippen molar-refractivity contribution in [1.82, 2.24) is 4.90 Å². The first-order valence-corrected chi connectivity index (χ1v) is 7.39. The number of likely N-dealkylation sites (tertiary alicyclic amines) is 1. The fourth-order valence-corrected chi connectivity index (χ4v) is 4.07. The topological polar surface area (TPSA) is 29.5 Å². The Kier molecular flexibility index (Phi) is 4.31. The SMILES string of the molecule is COC(=O)C1CCC(N2C(C)CCC2C)C(C)C1. The van der Waals surface area contributed by atoms with Gasteiger partial charge >= 0.3 is 5.97 Å². The van der Waals surface area contributed by atoms with Crippen LogP contribution < -0.4 is 0 Å². The summed E-state index contributed by atoms with van der Waals surface area (Å²) in [5.74, 6) is 0.725. The number of hydrogen-bond donors (Lipinski definition) is 0. The molecule has 5 atom stereocenters. The summed E-state index contributed by atoms with van der Waals surface area (Å²) in [6, 6.07) is 2.09. The van der Waals surface area contributed by atoms with Crippen LogP contribution in [-0.2, 0) is 9.53 Å². The van der Waals surface area contributed by atoms with Gasteiger partial charge in [0.15, 0.2) is 0 Å². The molecule has 3 nitrogen and oxygen atoms in total. The zero-order valence-corrected chi connectivity index (χ0v) is 12.2. The van der Waals surface area contributed by atoms with Crippen molar-refractivity contribution >= 4 is 5.97 Å². The zero-order valence-electron chi connectivity index (χ0n) is 12.2. The minimum absolute atomic E-state index is 0.0113. The number of ether oxygens (including phenoxy) is 1. The van der Waals surface area contributed by atoms with Crippen molar-refractivity contribution in [2.75, 3.05) is 7.11 Å². The van der Waals surface area contributed by atoms with Crippen molar-refractivity contribution in [3.8, 4) is 0 Å². The van der Waals surface area contributed by atoms with Crippen molar-refractivity contribution < 1.29 is 9.53 Å². The van der Waals surface area contributed by atoms with E-state index in [9.17, 15) is 4.79 Å². The van der Waals surface area contributed by atoms with E-state index in [4.69, 9.17) is 4.74 Å². The van der Waals surface area contributed by atoms with Crippen LogP contribution in [0, 0.1) is 11.8 Å². The predicted octanol–water partition coefficient (Wildman–Crippen LogP) is 2.84. The van der Waals surface area contributed by atoms with Crippen molar-refractivity contribution in [3.63, 3.8) is 0 Å². The highest BCUT2D eigenvalue weighted by Gasteiger charge is 2.40. The van der Waals surface area contributed by atoms with Crippen LogP contribution in [0.1, 0.15) is 52.9 Å². The van der Waals surface area contributed by atoms with Crippen LogP contribution >= 0.6 is 0 Å². The highest BCUT2D eigenvalue weighted by molar-refractivity contribution is 5.72. The van der Waals surface area contributed by atoms with E-state index in [2.05, 4.69) is 25.7 Å². The highest BCUT2D eigenvalue weighted by atomic mass is 16.5. The number of esters is 1. The summed E-state index contributed by atoms with van der Waals surface area (Å²) in [5.41, 5.74) is 0. The number of rotatable bonds is 2. The lowest BCUT2D eigenvalue weighted by atomic mass is 9.78. The Bertz CT molecular complexity index is 295. The van der Waals surface area contributed by atoms with E-state index in [1.807, 2.05) is 0 Å². The van der Waals surface area contributed by atoms with Crippen LogP contribution in [-0.4, -0.2) is 36.1 Å². The fourth-order valence-electron chi connectivity index (χ4n) is 4.07. The molecule has 3 heteroatoms. The van der Waals surface area contributed by atoms with Gasteiger partial charge in [-0.3, -0.25) is 9.69 Å². The summed E-state index contributed by atoms with van der Waals surface area (Å²) in [5, 5.41) is 0. The van der Waals surface area contributed by atoms with Crippen LogP contribution in [0.15, 0.2) is 0 Å². The fraction of sp³-hybridized carbons (Fsp3) is 0.933. The van der Waals surface area contributed by atoms with Crippen molar-refractivity contribution in [2.45, 2.75) is 71.0 Å². The first kappa shape index (κ1) is 13.9. The van der Waals surface area contributed by atoms with Crippen LogP contribution in [0.4, 0.5) is 0 Å². The number of hydrogen-bond acceptors (Lipinski definition) is 3. The highest BCUT2D eigenvalue weighted by Crippen LogP contribution is 2.38. The lowest BCUT2D eigenvalue weighted by Gasteiger charge is -2.42. The first-order chi connectivity index (χ1) is 8.54. The third kappa shape index (κ3) is 2.56. The molecule has 1 saturated carbocycles. The minimum Gasteiger partial charge on any atom is -0.469 e. The van der Waals surface area contributed by atoms with Gasteiger partial charge in [0.05, 0.1) is 13.0 Å². The second-order valence-corrected chi connectivity index (χ2v) is 6.30. The lowest BCUT2D eigenvalue weighted by Crippen LogP contribution is -2.48. The molecule has 104 valence electrons. The molecular weight excluding hydrogens is 226 g/mol. The molecule has 18 heavy (non-hydrogen) atoms. The Balaban J connectivity index is 1.99. The van der Waals surface area contributed by atoms with Gasteiger partial charge in [0, 0.05) is 18.1 Å². The molecule has 2 fully saturated rings. The third-order valence-corrected chi connectivity index (χ3v) is 5.06. The van der Waals surface area contributed by atoms with E-state index < -0.39 is 0 Å². The maximum Gasteiger partial charge on any atom is 0.308 e. The van der Waals surface area contributed by atoms with Gasteiger partial charge in [-0.25, -0.2) is 0 Å². The summed E-state index contributed by atoms with van der Waals surface area (Å²) in [6.07, 6.45) is 5.79. The Morgan fingerprint density at radius 1 is 1.06 bits per heavy atom. The van der Waals surface area contributed by atoms with Crippen molar-refractivity contribution in [1.29, 1.82) is 0 Å². The van der Waals surface area contributed by atoms with Gasteiger partial charge in [0.25, 0.3) is 0 Å². The molecule has 1 aliphatic carbocycles. The number of nitrogens with zero attached hydrogens (tertiary/aromatic N) is 1. The second kappa shape index (κ2) is 5.60. The van der Waals surface area contributed by atoms with Crippen molar-refractivity contribution in [3.05, 3.63) is 0 Å². The largest absolute Gasteiger partial charge is 0.469 e. The average molecular weight is 253 g/mol. The van der Waals surface area contributed by atoms with Gasteiger partial charge in [-0.1, -0.05) is 6.92 Å². The Labute approximate surface area is 111 Å². The molecule has 1 aliphatic heterocycles. The van der Waals surface area contributed by atoms with Gasteiger partial charge < -0.3 is 4.74 Å². The summed E-state index contributed by atoms with van der Waals surface area (Å²) >= 11 is 0. The average Bonchev–Trinajstić information content (AvgIpc) is 2.68. The van der Waals surface area contributed by atoms with E-state index in [0.29, 0.717) is 24.0 Å². The zero-order chi connectivity index (χ0) is 13.3. The molecule has 0 aromatic rings. The molecule has 0 amide bonds. The second-order valence-electron chi connectivity index (χ2n) is 6.30. The molecule has 2 rings (SSSR count). The molecule has 2 aliphatic rings. The van der Waals surface area contributed by atoms with Gasteiger partial charge in [0.2, 0.25) is 0 Å². The summed E-state index contributed by atoms with van der Waals surface area (Å²) in [6.45, 7) is 7.00.